The fourth-order valence-corrected chi connectivity index (χ4v) is 2.39. The molecule has 0 fully saturated rings. The fourth-order valence-electron chi connectivity index (χ4n) is 2.39. The number of aryl methyl sites for hydroxylation is 1. The third kappa shape index (κ3) is 3.70. The van der Waals surface area contributed by atoms with Gasteiger partial charge in [-0.25, -0.2) is 0 Å². The van der Waals surface area contributed by atoms with E-state index in [1.807, 2.05) is 11.6 Å². The first-order chi connectivity index (χ1) is 9.23. The molecule has 1 aromatic heterocycles. The number of aromatic nitrogens is 2. The molecule has 5 nitrogen and oxygen atoms in total. The minimum absolute atomic E-state index is 0.104. The molecule has 0 amide bonds. The molecule has 110 valence electrons. The summed E-state index contributed by atoms with van der Waals surface area (Å²) in [7, 11) is 1.69. The molecule has 19 heavy (non-hydrogen) atoms. The van der Waals surface area contributed by atoms with Gasteiger partial charge < -0.3 is 14.8 Å². The van der Waals surface area contributed by atoms with Crippen LogP contribution in [0.25, 0.3) is 0 Å². The first-order valence-electron chi connectivity index (χ1n) is 7.17. The van der Waals surface area contributed by atoms with Gasteiger partial charge in [0.2, 0.25) is 0 Å². The quantitative estimate of drug-likeness (QED) is 0.747. The lowest BCUT2D eigenvalue weighted by Gasteiger charge is -2.28. The second kappa shape index (κ2) is 8.17. The monoisotopic (exact) mass is 269 g/mol. The molecular weight excluding hydrogens is 242 g/mol. The van der Waals surface area contributed by atoms with Gasteiger partial charge in [0.15, 0.2) is 5.75 Å². The summed E-state index contributed by atoms with van der Waals surface area (Å²) in [5, 5.41) is 7.89. The van der Waals surface area contributed by atoms with Crippen LogP contribution < -0.4 is 10.1 Å². The highest BCUT2D eigenvalue weighted by molar-refractivity contribution is 5.29. The van der Waals surface area contributed by atoms with Crippen LogP contribution in [-0.2, 0) is 11.3 Å². The van der Waals surface area contributed by atoms with Crippen LogP contribution >= 0.6 is 0 Å². The van der Waals surface area contributed by atoms with Gasteiger partial charge in [0.05, 0.1) is 31.1 Å². The zero-order valence-corrected chi connectivity index (χ0v) is 12.8. The lowest BCUT2D eigenvalue weighted by atomic mass is 10.0. The smallest absolute Gasteiger partial charge is 0.161 e. The number of hydrogen-bond acceptors (Lipinski definition) is 4. The minimum atomic E-state index is 0.104. The summed E-state index contributed by atoms with van der Waals surface area (Å²) in [5.74, 6) is 0.825. The third-order valence-corrected chi connectivity index (χ3v) is 3.24. The van der Waals surface area contributed by atoms with Crippen LogP contribution in [0.4, 0.5) is 0 Å². The van der Waals surface area contributed by atoms with Gasteiger partial charge in [0.25, 0.3) is 0 Å². The number of methoxy groups -OCH3 is 1. The van der Waals surface area contributed by atoms with Gasteiger partial charge in [-0.05, 0) is 26.8 Å². The van der Waals surface area contributed by atoms with E-state index in [9.17, 15) is 0 Å². The Bertz CT molecular complexity index is 344. The van der Waals surface area contributed by atoms with Crippen molar-refractivity contribution in [2.45, 2.75) is 52.8 Å². The second-order valence-electron chi connectivity index (χ2n) is 4.35. The van der Waals surface area contributed by atoms with Crippen molar-refractivity contribution in [2.75, 3.05) is 20.3 Å². The van der Waals surface area contributed by atoms with Crippen molar-refractivity contribution in [2.24, 2.45) is 0 Å². The number of ether oxygens (including phenoxy) is 2. The highest BCUT2D eigenvalue weighted by atomic mass is 16.5. The van der Waals surface area contributed by atoms with Crippen molar-refractivity contribution in [1.82, 2.24) is 15.1 Å². The summed E-state index contributed by atoms with van der Waals surface area (Å²) in [6.45, 7) is 10.8. The molecule has 1 N–H and O–H groups in total. The molecule has 0 bridgehead atoms. The van der Waals surface area contributed by atoms with E-state index >= 15 is 0 Å². The maximum atomic E-state index is 5.87. The summed E-state index contributed by atoms with van der Waals surface area (Å²) in [6.07, 6.45) is 2.85. The Kier molecular flexibility index (Phi) is 6.87. The number of rotatable bonds is 9. The molecule has 0 spiro atoms. The van der Waals surface area contributed by atoms with Gasteiger partial charge in [-0.2, -0.15) is 5.10 Å². The number of likely N-dealkylation sites (N-methyl/N-ethyl adjacent to an activating group) is 1. The first-order valence-corrected chi connectivity index (χ1v) is 7.17. The molecule has 5 heteroatoms. The predicted molar refractivity (Wildman–Crippen MR) is 76.6 cm³/mol. The summed E-state index contributed by atoms with van der Waals surface area (Å²) < 4.78 is 13.3. The van der Waals surface area contributed by atoms with Crippen molar-refractivity contribution in [1.29, 1.82) is 0 Å². The van der Waals surface area contributed by atoms with Crippen molar-refractivity contribution >= 4 is 0 Å². The molecule has 0 aliphatic carbocycles. The summed E-state index contributed by atoms with van der Waals surface area (Å²) in [4.78, 5) is 0. The van der Waals surface area contributed by atoms with Gasteiger partial charge in [0.1, 0.15) is 0 Å². The SMILES string of the molecule is CCNC(c1c(OC)cnn1CC)C(CC)OCC. The van der Waals surface area contributed by atoms with E-state index in [2.05, 4.69) is 31.2 Å². The molecule has 0 aromatic carbocycles. The van der Waals surface area contributed by atoms with Crippen LogP contribution in [0.1, 0.15) is 45.9 Å². The lowest BCUT2D eigenvalue weighted by Crippen LogP contribution is -2.35. The average molecular weight is 269 g/mol. The van der Waals surface area contributed by atoms with Gasteiger partial charge in [0, 0.05) is 13.2 Å². The van der Waals surface area contributed by atoms with Crippen molar-refractivity contribution in [3.8, 4) is 5.75 Å². The predicted octanol–water partition coefficient (Wildman–Crippen LogP) is 2.38. The van der Waals surface area contributed by atoms with Crippen molar-refractivity contribution in [3.63, 3.8) is 0 Å². The van der Waals surface area contributed by atoms with E-state index in [1.54, 1.807) is 13.3 Å². The fraction of sp³-hybridized carbons (Fsp3) is 0.786. The Hall–Kier alpha value is -1.07. The molecule has 0 saturated carbocycles. The molecule has 1 rings (SSSR count). The molecule has 0 saturated heterocycles. The summed E-state index contributed by atoms with van der Waals surface area (Å²) >= 11 is 0. The molecule has 0 aliphatic heterocycles. The van der Waals surface area contributed by atoms with Crippen LogP contribution in [-0.4, -0.2) is 36.1 Å². The molecule has 2 unspecified atom stereocenters. The normalized spacial score (nSPS) is 14.4. The molecule has 2 atom stereocenters. The molecule has 1 heterocycles. The zero-order valence-electron chi connectivity index (χ0n) is 12.8. The van der Waals surface area contributed by atoms with Crippen LogP contribution in [0, 0.1) is 0 Å². The van der Waals surface area contributed by atoms with Crippen molar-refractivity contribution < 1.29 is 9.47 Å². The summed E-state index contributed by atoms with van der Waals surface area (Å²) in [6, 6.07) is 0.104. The molecule has 1 aromatic rings. The van der Waals surface area contributed by atoms with Gasteiger partial charge in [-0.15, -0.1) is 0 Å². The van der Waals surface area contributed by atoms with Crippen LogP contribution in [0.2, 0.25) is 0 Å². The Morgan fingerprint density at radius 2 is 2.05 bits per heavy atom. The molecular formula is C14H27N3O2. The zero-order chi connectivity index (χ0) is 14.3. The van der Waals surface area contributed by atoms with E-state index in [0.717, 1.165) is 31.0 Å². The second-order valence-corrected chi connectivity index (χ2v) is 4.35. The minimum Gasteiger partial charge on any atom is -0.493 e. The lowest BCUT2D eigenvalue weighted by molar-refractivity contribution is 0.0289. The Labute approximate surface area is 116 Å². The Balaban J connectivity index is 3.12. The first kappa shape index (κ1) is 16.0. The van der Waals surface area contributed by atoms with Crippen LogP contribution in [0.5, 0.6) is 5.75 Å². The molecule has 0 radical (unpaired) electrons. The van der Waals surface area contributed by atoms with Crippen LogP contribution in [0.3, 0.4) is 0 Å². The highest BCUT2D eigenvalue weighted by Gasteiger charge is 2.28. The number of nitrogens with zero attached hydrogens (tertiary/aromatic N) is 2. The van der Waals surface area contributed by atoms with Gasteiger partial charge >= 0.3 is 0 Å². The Morgan fingerprint density at radius 1 is 1.32 bits per heavy atom. The van der Waals surface area contributed by atoms with Crippen molar-refractivity contribution in [3.05, 3.63) is 11.9 Å². The van der Waals surface area contributed by atoms with Gasteiger partial charge in [-0.1, -0.05) is 13.8 Å². The van der Waals surface area contributed by atoms with E-state index in [-0.39, 0.29) is 12.1 Å². The maximum absolute atomic E-state index is 5.87. The third-order valence-electron chi connectivity index (χ3n) is 3.24. The topological polar surface area (TPSA) is 48.3 Å². The largest absolute Gasteiger partial charge is 0.493 e. The maximum Gasteiger partial charge on any atom is 0.161 e. The Morgan fingerprint density at radius 3 is 2.53 bits per heavy atom. The number of nitrogens with one attached hydrogen (secondary N) is 1. The van der Waals surface area contributed by atoms with Crippen LogP contribution in [0.15, 0.2) is 6.20 Å². The van der Waals surface area contributed by atoms with Gasteiger partial charge in [-0.3, -0.25) is 4.68 Å². The van der Waals surface area contributed by atoms with E-state index < -0.39 is 0 Å². The van der Waals surface area contributed by atoms with E-state index in [0.29, 0.717) is 6.61 Å². The summed E-state index contributed by atoms with van der Waals surface area (Å²) in [5.41, 5.74) is 1.08. The standard InChI is InChI=1S/C14H27N3O2/c1-6-11(19-9-4)13(15-7-2)14-12(18-5)10-16-17(14)8-3/h10-11,13,15H,6-9H2,1-5H3. The average Bonchev–Trinajstić information content (AvgIpc) is 2.85. The highest BCUT2D eigenvalue weighted by Crippen LogP contribution is 2.29. The number of hydrogen-bond donors (Lipinski definition) is 1. The van der Waals surface area contributed by atoms with E-state index in [4.69, 9.17) is 9.47 Å². The molecule has 0 aliphatic rings. The van der Waals surface area contributed by atoms with E-state index in [1.165, 1.54) is 0 Å².